The molecule has 0 fully saturated rings. The van der Waals surface area contributed by atoms with Crippen molar-refractivity contribution < 1.29 is 14.3 Å². The predicted octanol–water partition coefficient (Wildman–Crippen LogP) is 2.29. The molecule has 0 aliphatic heterocycles. The highest BCUT2D eigenvalue weighted by Crippen LogP contribution is 2.20. The van der Waals surface area contributed by atoms with E-state index in [1.807, 2.05) is 6.07 Å². The lowest BCUT2D eigenvalue weighted by molar-refractivity contribution is -0.144. The van der Waals surface area contributed by atoms with E-state index >= 15 is 0 Å². The smallest absolute Gasteiger partial charge is 0.312 e. The van der Waals surface area contributed by atoms with Crippen molar-refractivity contribution in [1.82, 2.24) is 5.32 Å². The van der Waals surface area contributed by atoms with E-state index in [2.05, 4.69) is 5.32 Å². The summed E-state index contributed by atoms with van der Waals surface area (Å²) in [5, 5.41) is 11.4. The monoisotopic (exact) mass is 309 g/mol. The van der Waals surface area contributed by atoms with Gasteiger partial charge in [0.25, 0.3) is 0 Å². The van der Waals surface area contributed by atoms with Gasteiger partial charge in [0, 0.05) is 11.4 Å². The number of unbranched alkanes of at least 4 members (excludes halogenated alkanes) is 1. The minimum atomic E-state index is -0.729. The number of ether oxygens (including phenoxy) is 1. The number of nitrogens with two attached hydrogens (primary N) is 1. The van der Waals surface area contributed by atoms with Gasteiger partial charge in [-0.15, -0.1) is 0 Å². The van der Waals surface area contributed by atoms with Gasteiger partial charge in [0.1, 0.15) is 0 Å². The third kappa shape index (κ3) is 6.63. The van der Waals surface area contributed by atoms with E-state index < -0.39 is 18.0 Å². The molecular formula is C14H16ClN3O3. The zero-order valence-electron chi connectivity index (χ0n) is 11.3. The third-order valence-electron chi connectivity index (χ3n) is 2.66. The molecule has 6 nitrogen and oxygen atoms in total. The first-order valence-corrected chi connectivity index (χ1v) is 6.74. The van der Waals surface area contributed by atoms with Crippen molar-refractivity contribution in [2.75, 3.05) is 6.61 Å². The second-order valence-electron chi connectivity index (χ2n) is 4.30. The summed E-state index contributed by atoms with van der Waals surface area (Å²) in [4.78, 5) is 22.7. The van der Waals surface area contributed by atoms with Crippen LogP contribution in [0.3, 0.4) is 0 Å². The highest BCUT2D eigenvalue weighted by Gasteiger charge is 2.18. The van der Waals surface area contributed by atoms with E-state index in [4.69, 9.17) is 27.3 Å². The number of nitriles is 1. The number of urea groups is 1. The summed E-state index contributed by atoms with van der Waals surface area (Å²) in [6.45, 7) is 0.177. The molecule has 1 aromatic carbocycles. The summed E-state index contributed by atoms with van der Waals surface area (Å²) in [7, 11) is 0. The summed E-state index contributed by atoms with van der Waals surface area (Å²) in [6.07, 6.45) is 0.766. The first-order valence-electron chi connectivity index (χ1n) is 6.37. The number of hydrogen-bond donors (Lipinski definition) is 2. The maximum absolute atomic E-state index is 11.7. The van der Waals surface area contributed by atoms with E-state index in [-0.39, 0.29) is 13.0 Å². The van der Waals surface area contributed by atoms with E-state index in [1.54, 1.807) is 24.3 Å². The van der Waals surface area contributed by atoms with Gasteiger partial charge in [-0.25, -0.2) is 4.79 Å². The number of nitrogens with zero attached hydrogens (tertiary/aromatic N) is 1. The maximum atomic E-state index is 11.7. The van der Waals surface area contributed by atoms with Gasteiger partial charge in [0.05, 0.1) is 25.1 Å². The highest BCUT2D eigenvalue weighted by molar-refractivity contribution is 6.30. The molecule has 0 aromatic heterocycles. The number of benzene rings is 1. The average Bonchev–Trinajstić information content (AvgIpc) is 2.43. The molecular weight excluding hydrogens is 294 g/mol. The molecule has 2 amide bonds. The van der Waals surface area contributed by atoms with Crippen LogP contribution in [0.25, 0.3) is 0 Å². The minimum absolute atomic E-state index is 0.0445. The molecule has 7 heteroatoms. The minimum Gasteiger partial charge on any atom is -0.466 e. The summed E-state index contributed by atoms with van der Waals surface area (Å²) >= 11 is 5.80. The molecule has 1 rings (SSSR count). The van der Waals surface area contributed by atoms with Crippen LogP contribution in [-0.4, -0.2) is 18.6 Å². The van der Waals surface area contributed by atoms with Crippen molar-refractivity contribution in [3.63, 3.8) is 0 Å². The second kappa shape index (κ2) is 8.82. The van der Waals surface area contributed by atoms with Gasteiger partial charge in [0.15, 0.2) is 0 Å². The first kappa shape index (κ1) is 16.8. The Kier molecular flexibility index (Phi) is 7.05. The fourth-order valence-corrected chi connectivity index (χ4v) is 1.81. The largest absolute Gasteiger partial charge is 0.466 e. The normalized spacial score (nSPS) is 11.2. The summed E-state index contributed by atoms with van der Waals surface area (Å²) in [5.41, 5.74) is 5.81. The molecule has 3 N–H and O–H groups in total. The van der Waals surface area contributed by atoms with Gasteiger partial charge < -0.3 is 15.8 Å². The molecule has 112 valence electrons. The van der Waals surface area contributed by atoms with Gasteiger partial charge in [-0.2, -0.15) is 5.26 Å². The molecule has 1 atom stereocenters. The number of esters is 1. The van der Waals surface area contributed by atoms with Gasteiger partial charge >= 0.3 is 12.0 Å². The SMILES string of the molecule is N#CCCCOC(=O)CC(NC(N)=O)c1ccc(Cl)cc1. The molecule has 0 aliphatic carbocycles. The van der Waals surface area contributed by atoms with Crippen LogP contribution in [0.5, 0.6) is 0 Å². The fraction of sp³-hybridized carbons (Fsp3) is 0.357. The standard InChI is InChI=1S/C14H16ClN3O3/c15-11-5-3-10(4-6-11)12(18-14(17)20)9-13(19)21-8-2-1-7-16/h3-6,12H,1-2,8-9H2,(H3,17,18,20). The summed E-state index contributed by atoms with van der Waals surface area (Å²) in [5.74, 6) is -0.471. The zero-order valence-corrected chi connectivity index (χ0v) is 12.1. The van der Waals surface area contributed by atoms with Crippen molar-refractivity contribution in [3.05, 3.63) is 34.9 Å². The average molecular weight is 310 g/mol. The quantitative estimate of drug-likeness (QED) is 0.595. The van der Waals surface area contributed by atoms with Crippen molar-refractivity contribution in [2.45, 2.75) is 25.3 Å². The topological polar surface area (TPSA) is 105 Å². The van der Waals surface area contributed by atoms with Crippen LogP contribution in [0.15, 0.2) is 24.3 Å². The Balaban J connectivity index is 2.62. The predicted molar refractivity (Wildman–Crippen MR) is 77.3 cm³/mol. The lowest BCUT2D eigenvalue weighted by atomic mass is 10.0. The number of carbonyl (C=O) groups is 2. The fourth-order valence-electron chi connectivity index (χ4n) is 1.68. The molecule has 0 saturated heterocycles. The third-order valence-corrected chi connectivity index (χ3v) is 2.91. The van der Waals surface area contributed by atoms with Crippen LogP contribution in [0.4, 0.5) is 4.79 Å². The first-order chi connectivity index (χ1) is 10.0. The number of amides is 2. The van der Waals surface area contributed by atoms with Crippen molar-refractivity contribution in [2.24, 2.45) is 5.73 Å². The number of carbonyl (C=O) groups excluding carboxylic acids is 2. The second-order valence-corrected chi connectivity index (χ2v) is 4.74. The van der Waals surface area contributed by atoms with Gasteiger partial charge in [0.2, 0.25) is 0 Å². The zero-order chi connectivity index (χ0) is 15.7. The highest BCUT2D eigenvalue weighted by atomic mass is 35.5. The Hall–Kier alpha value is -2.26. The molecule has 1 unspecified atom stereocenters. The Labute approximate surface area is 127 Å². The van der Waals surface area contributed by atoms with E-state index in [0.29, 0.717) is 23.4 Å². The molecule has 0 spiro atoms. The van der Waals surface area contributed by atoms with Crippen LogP contribution < -0.4 is 11.1 Å². The molecule has 1 aromatic rings. The van der Waals surface area contributed by atoms with Crippen molar-refractivity contribution >= 4 is 23.6 Å². The number of hydrogen-bond acceptors (Lipinski definition) is 4. The number of rotatable bonds is 7. The van der Waals surface area contributed by atoms with Gasteiger partial charge in [-0.1, -0.05) is 23.7 Å². The van der Waals surface area contributed by atoms with Crippen LogP contribution in [-0.2, 0) is 9.53 Å². The van der Waals surface area contributed by atoms with Crippen LogP contribution in [0.1, 0.15) is 30.9 Å². The summed E-state index contributed by atoms with van der Waals surface area (Å²) in [6, 6.07) is 7.37. The lowest BCUT2D eigenvalue weighted by Crippen LogP contribution is -2.34. The summed E-state index contributed by atoms with van der Waals surface area (Å²) < 4.78 is 4.99. The van der Waals surface area contributed by atoms with Crippen LogP contribution in [0, 0.1) is 11.3 Å². The van der Waals surface area contributed by atoms with E-state index in [1.165, 1.54) is 0 Å². The number of halogens is 1. The van der Waals surface area contributed by atoms with Crippen molar-refractivity contribution in [1.29, 1.82) is 5.26 Å². The van der Waals surface area contributed by atoms with Crippen molar-refractivity contribution in [3.8, 4) is 6.07 Å². The number of primary amides is 1. The Morgan fingerprint density at radius 1 is 1.38 bits per heavy atom. The Morgan fingerprint density at radius 3 is 2.62 bits per heavy atom. The van der Waals surface area contributed by atoms with Gasteiger partial charge in [-0.05, 0) is 24.1 Å². The van der Waals surface area contributed by atoms with E-state index in [9.17, 15) is 9.59 Å². The molecule has 21 heavy (non-hydrogen) atoms. The van der Waals surface area contributed by atoms with Crippen LogP contribution >= 0.6 is 11.6 Å². The number of nitrogens with one attached hydrogen (secondary N) is 1. The van der Waals surface area contributed by atoms with Gasteiger partial charge in [-0.3, -0.25) is 4.79 Å². The maximum Gasteiger partial charge on any atom is 0.312 e. The molecule has 0 radical (unpaired) electrons. The molecule has 0 bridgehead atoms. The van der Waals surface area contributed by atoms with E-state index in [0.717, 1.165) is 0 Å². The Morgan fingerprint density at radius 2 is 2.05 bits per heavy atom. The molecule has 0 saturated carbocycles. The molecule has 0 aliphatic rings. The lowest BCUT2D eigenvalue weighted by Gasteiger charge is -2.17. The Bertz CT molecular complexity index is 525. The molecule has 0 heterocycles. The van der Waals surface area contributed by atoms with Crippen LogP contribution in [0.2, 0.25) is 5.02 Å².